The Balaban J connectivity index is 2.93. The highest BCUT2D eigenvalue weighted by atomic mass is 19.1. The number of benzene rings is 1. The Morgan fingerprint density at radius 2 is 2.17 bits per heavy atom. The van der Waals surface area contributed by atoms with Crippen LogP contribution in [0.25, 0.3) is 0 Å². The predicted molar refractivity (Wildman–Crippen MR) is 71.1 cm³/mol. The van der Waals surface area contributed by atoms with E-state index in [9.17, 15) is 9.18 Å². The lowest BCUT2D eigenvalue weighted by atomic mass is 10.2. The van der Waals surface area contributed by atoms with Crippen LogP contribution in [-0.4, -0.2) is 37.6 Å². The van der Waals surface area contributed by atoms with Gasteiger partial charge in [-0.2, -0.15) is 0 Å². The summed E-state index contributed by atoms with van der Waals surface area (Å²) in [6.07, 6.45) is 0.680. The fourth-order valence-corrected chi connectivity index (χ4v) is 1.57. The lowest BCUT2D eigenvalue weighted by molar-refractivity contribution is 0.217. The van der Waals surface area contributed by atoms with Gasteiger partial charge in [0.05, 0.1) is 0 Å². The molecule has 1 aromatic rings. The van der Waals surface area contributed by atoms with Crippen molar-refractivity contribution in [2.24, 2.45) is 5.73 Å². The zero-order chi connectivity index (χ0) is 13.5. The number of carbonyl (C=O) groups excluding carboxylic acids is 1. The summed E-state index contributed by atoms with van der Waals surface area (Å²) in [5.41, 5.74) is 6.03. The summed E-state index contributed by atoms with van der Waals surface area (Å²) in [6.45, 7) is 3.48. The molecule has 2 amide bonds. The molecule has 0 aromatic heterocycles. The number of nitrogens with zero attached hydrogens (tertiary/aromatic N) is 2. The molecule has 5 heteroatoms. The van der Waals surface area contributed by atoms with Crippen LogP contribution < -0.4 is 10.6 Å². The number of anilines is 1. The van der Waals surface area contributed by atoms with E-state index >= 15 is 0 Å². The molecule has 0 bridgehead atoms. The van der Waals surface area contributed by atoms with E-state index < -0.39 is 0 Å². The van der Waals surface area contributed by atoms with Gasteiger partial charge in [-0.1, -0.05) is 6.07 Å². The van der Waals surface area contributed by atoms with Crippen molar-refractivity contribution in [1.29, 1.82) is 0 Å². The zero-order valence-corrected chi connectivity index (χ0v) is 10.9. The first-order valence-corrected chi connectivity index (χ1v) is 6.08. The van der Waals surface area contributed by atoms with Gasteiger partial charge >= 0.3 is 6.03 Å². The molecule has 4 nitrogen and oxygen atoms in total. The second-order valence-electron chi connectivity index (χ2n) is 4.07. The summed E-state index contributed by atoms with van der Waals surface area (Å²) in [4.78, 5) is 15.3. The number of hydrogen-bond donors (Lipinski definition) is 1. The number of hydrogen-bond acceptors (Lipinski definition) is 2. The van der Waals surface area contributed by atoms with E-state index in [-0.39, 0.29) is 11.8 Å². The van der Waals surface area contributed by atoms with Crippen molar-refractivity contribution in [3.05, 3.63) is 30.1 Å². The van der Waals surface area contributed by atoms with E-state index in [1.54, 1.807) is 29.0 Å². The van der Waals surface area contributed by atoms with Crippen molar-refractivity contribution in [3.8, 4) is 0 Å². The highest BCUT2D eigenvalue weighted by molar-refractivity contribution is 5.91. The molecule has 0 fully saturated rings. The zero-order valence-electron chi connectivity index (χ0n) is 10.9. The summed E-state index contributed by atoms with van der Waals surface area (Å²) >= 11 is 0. The third-order valence-electron chi connectivity index (χ3n) is 2.74. The van der Waals surface area contributed by atoms with Crippen LogP contribution in [0.4, 0.5) is 14.9 Å². The number of amides is 2. The van der Waals surface area contributed by atoms with Crippen LogP contribution in [0.5, 0.6) is 0 Å². The monoisotopic (exact) mass is 253 g/mol. The average Bonchev–Trinajstić information content (AvgIpc) is 2.38. The molecule has 2 N–H and O–H groups in total. The van der Waals surface area contributed by atoms with Gasteiger partial charge in [0, 0.05) is 25.8 Å². The van der Waals surface area contributed by atoms with Crippen molar-refractivity contribution in [1.82, 2.24) is 4.90 Å². The standard InChI is InChI=1S/C13H20FN3O/c1-3-16(2)13(18)17(9-5-8-15)12-7-4-6-11(14)10-12/h4,6-7,10H,3,5,8-9,15H2,1-2H3. The minimum absolute atomic E-state index is 0.142. The quantitative estimate of drug-likeness (QED) is 0.873. The van der Waals surface area contributed by atoms with Crippen LogP contribution in [0, 0.1) is 5.82 Å². The van der Waals surface area contributed by atoms with Crippen LogP contribution in [-0.2, 0) is 0 Å². The molecule has 18 heavy (non-hydrogen) atoms. The third-order valence-corrected chi connectivity index (χ3v) is 2.74. The van der Waals surface area contributed by atoms with E-state index in [0.29, 0.717) is 31.7 Å². The molecule has 0 heterocycles. The van der Waals surface area contributed by atoms with Crippen LogP contribution in [0.1, 0.15) is 13.3 Å². The van der Waals surface area contributed by atoms with Gasteiger partial charge < -0.3 is 10.6 Å². The molecular weight excluding hydrogens is 233 g/mol. The Bertz CT molecular complexity index is 398. The van der Waals surface area contributed by atoms with Gasteiger partial charge in [0.2, 0.25) is 0 Å². The van der Waals surface area contributed by atoms with Crippen molar-refractivity contribution in [2.45, 2.75) is 13.3 Å². The molecule has 0 spiro atoms. The van der Waals surface area contributed by atoms with Crippen LogP contribution in [0.2, 0.25) is 0 Å². The highest BCUT2D eigenvalue weighted by Crippen LogP contribution is 2.17. The van der Waals surface area contributed by atoms with E-state index in [1.165, 1.54) is 12.1 Å². The Morgan fingerprint density at radius 3 is 2.72 bits per heavy atom. The topological polar surface area (TPSA) is 49.6 Å². The second kappa shape index (κ2) is 6.96. The van der Waals surface area contributed by atoms with Gasteiger partial charge in [-0.05, 0) is 38.1 Å². The van der Waals surface area contributed by atoms with Gasteiger partial charge in [0.25, 0.3) is 0 Å². The number of urea groups is 1. The molecule has 0 atom stereocenters. The maximum Gasteiger partial charge on any atom is 0.324 e. The van der Waals surface area contributed by atoms with Gasteiger partial charge in [0.1, 0.15) is 5.82 Å². The molecule has 1 rings (SSSR count). The fraction of sp³-hybridized carbons (Fsp3) is 0.462. The van der Waals surface area contributed by atoms with Gasteiger partial charge in [0.15, 0.2) is 0 Å². The first-order valence-electron chi connectivity index (χ1n) is 6.08. The first-order chi connectivity index (χ1) is 8.60. The SMILES string of the molecule is CCN(C)C(=O)N(CCCN)c1cccc(F)c1. The highest BCUT2D eigenvalue weighted by Gasteiger charge is 2.18. The third kappa shape index (κ3) is 3.70. The minimum Gasteiger partial charge on any atom is -0.330 e. The summed E-state index contributed by atoms with van der Waals surface area (Å²) in [5.74, 6) is -0.350. The fourth-order valence-electron chi connectivity index (χ4n) is 1.57. The Hall–Kier alpha value is -1.62. The number of nitrogens with two attached hydrogens (primary N) is 1. The summed E-state index contributed by atoms with van der Waals surface area (Å²) < 4.78 is 13.2. The molecule has 0 saturated carbocycles. The van der Waals surface area contributed by atoms with Crippen LogP contribution in [0.3, 0.4) is 0 Å². The van der Waals surface area contributed by atoms with Gasteiger partial charge in [-0.3, -0.25) is 4.90 Å². The maximum atomic E-state index is 13.2. The summed E-state index contributed by atoms with van der Waals surface area (Å²) in [5, 5.41) is 0. The van der Waals surface area contributed by atoms with Gasteiger partial charge in [-0.25, -0.2) is 9.18 Å². The number of rotatable bonds is 5. The smallest absolute Gasteiger partial charge is 0.324 e. The van der Waals surface area contributed by atoms with Crippen molar-refractivity contribution in [2.75, 3.05) is 31.6 Å². The van der Waals surface area contributed by atoms with E-state index in [4.69, 9.17) is 5.73 Å². The molecule has 0 aliphatic carbocycles. The van der Waals surface area contributed by atoms with E-state index in [2.05, 4.69) is 0 Å². The summed E-state index contributed by atoms with van der Waals surface area (Å²) in [6, 6.07) is 5.90. The van der Waals surface area contributed by atoms with E-state index in [0.717, 1.165) is 0 Å². The normalized spacial score (nSPS) is 10.2. The molecule has 0 saturated heterocycles. The average molecular weight is 253 g/mol. The Labute approximate surface area is 107 Å². The van der Waals surface area contributed by atoms with Crippen molar-refractivity contribution in [3.63, 3.8) is 0 Å². The van der Waals surface area contributed by atoms with Crippen molar-refractivity contribution < 1.29 is 9.18 Å². The second-order valence-corrected chi connectivity index (χ2v) is 4.07. The number of carbonyl (C=O) groups is 1. The molecule has 1 aromatic carbocycles. The first kappa shape index (κ1) is 14.4. The Morgan fingerprint density at radius 1 is 1.44 bits per heavy atom. The Kier molecular flexibility index (Phi) is 5.58. The largest absolute Gasteiger partial charge is 0.330 e. The van der Waals surface area contributed by atoms with Crippen molar-refractivity contribution >= 4 is 11.7 Å². The maximum absolute atomic E-state index is 13.2. The molecular formula is C13H20FN3O. The molecule has 100 valence electrons. The van der Waals surface area contributed by atoms with Crippen LogP contribution in [0.15, 0.2) is 24.3 Å². The molecule has 0 unspecified atom stereocenters. The summed E-state index contributed by atoms with van der Waals surface area (Å²) in [7, 11) is 1.72. The van der Waals surface area contributed by atoms with E-state index in [1.807, 2.05) is 6.92 Å². The molecule has 0 radical (unpaired) electrons. The predicted octanol–water partition coefficient (Wildman–Crippen LogP) is 2.05. The van der Waals surface area contributed by atoms with Gasteiger partial charge in [-0.15, -0.1) is 0 Å². The lowest BCUT2D eigenvalue weighted by Crippen LogP contribution is -2.42. The molecule has 0 aliphatic rings. The number of halogens is 1. The van der Waals surface area contributed by atoms with Crippen LogP contribution >= 0.6 is 0 Å². The minimum atomic E-state index is -0.350. The lowest BCUT2D eigenvalue weighted by Gasteiger charge is -2.27. The molecule has 0 aliphatic heterocycles.